The number of hydrogen-bond acceptors (Lipinski definition) is 4. The Bertz CT molecular complexity index is 873. The lowest BCUT2D eigenvalue weighted by molar-refractivity contribution is -0.157. The Morgan fingerprint density at radius 3 is 2.68 bits per heavy atom. The number of nitrogens with one attached hydrogen (secondary N) is 1. The van der Waals surface area contributed by atoms with Crippen molar-refractivity contribution in [1.82, 2.24) is 24.7 Å². The van der Waals surface area contributed by atoms with Gasteiger partial charge in [-0.3, -0.25) is 14.5 Å². The Morgan fingerprint density at radius 1 is 1.29 bits per heavy atom. The maximum Gasteiger partial charge on any atom is 0.239 e. The Kier molecular flexibility index (Phi) is 5.12. The zero-order chi connectivity index (χ0) is 19.7. The number of imidazole rings is 1. The summed E-state index contributed by atoms with van der Waals surface area (Å²) in [6.07, 6.45) is 4.28. The van der Waals surface area contributed by atoms with Crippen LogP contribution in [0.1, 0.15) is 11.3 Å². The number of halogens is 1. The molecule has 28 heavy (non-hydrogen) atoms. The minimum atomic E-state index is -0.510. The Labute approximate surface area is 169 Å². The van der Waals surface area contributed by atoms with Crippen molar-refractivity contribution in [3.05, 3.63) is 53.1 Å². The van der Waals surface area contributed by atoms with Gasteiger partial charge < -0.3 is 14.8 Å². The number of nitrogens with zero attached hydrogens (tertiary/aromatic N) is 4. The summed E-state index contributed by atoms with van der Waals surface area (Å²) in [4.78, 5) is 33.3. The molecule has 0 unspecified atom stereocenters. The number of likely N-dealkylation sites (tertiary alicyclic amines) is 1. The maximum absolute atomic E-state index is 13.4. The second kappa shape index (κ2) is 7.56. The highest BCUT2D eigenvalue weighted by atomic mass is 35.5. The molecule has 2 amide bonds. The van der Waals surface area contributed by atoms with Gasteiger partial charge in [-0.25, -0.2) is 4.98 Å². The van der Waals surface area contributed by atoms with E-state index < -0.39 is 5.41 Å². The lowest BCUT2D eigenvalue weighted by Gasteiger charge is -2.51. The van der Waals surface area contributed by atoms with Gasteiger partial charge in [0.1, 0.15) is 0 Å². The smallest absolute Gasteiger partial charge is 0.239 e. The summed E-state index contributed by atoms with van der Waals surface area (Å²) in [6.45, 7) is 3.31. The van der Waals surface area contributed by atoms with E-state index in [9.17, 15) is 9.59 Å². The van der Waals surface area contributed by atoms with Gasteiger partial charge in [0.05, 0.1) is 24.0 Å². The fourth-order valence-electron chi connectivity index (χ4n) is 4.15. The molecule has 2 saturated heterocycles. The Morgan fingerprint density at radius 2 is 2.04 bits per heavy atom. The lowest BCUT2D eigenvalue weighted by atomic mass is 9.73. The van der Waals surface area contributed by atoms with Gasteiger partial charge in [0.15, 0.2) is 0 Å². The van der Waals surface area contributed by atoms with Gasteiger partial charge in [-0.05, 0) is 24.1 Å². The van der Waals surface area contributed by atoms with Gasteiger partial charge in [0.2, 0.25) is 11.8 Å². The normalized spacial score (nSPS) is 19.2. The summed E-state index contributed by atoms with van der Waals surface area (Å²) in [6, 6.07) is 7.67. The van der Waals surface area contributed by atoms with Crippen LogP contribution in [0.25, 0.3) is 0 Å². The Hall–Kier alpha value is -2.38. The van der Waals surface area contributed by atoms with Crippen molar-refractivity contribution in [2.24, 2.45) is 12.5 Å². The van der Waals surface area contributed by atoms with Crippen LogP contribution in [0.3, 0.4) is 0 Å². The molecule has 1 N–H and O–H groups in total. The average Bonchev–Trinajstić information content (AvgIpc) is 3.05. The molecule has 3 heterocycles. The SMILES string of the molecule is Cn1cncc1CN1CC(Cc2ccc(Cl)cc2)(C(=O)N2CCNC(=O)C2)C1. The predicted octanol–water partition coefficient (Wildman–Crippen LogP) is 1.08. The second-order valence-corrected chi connectivity index (χ2v) is 8.24. The summed E-state index contributed by atoms with van der Waals surface area (Å²) < 4.78 is 2.00. The van der Waals surface area contributed by atoms with Crippen molar-refractivity contribution < 1.29 is 9.59 Å². The predicted molar refractivity (Wildman–Crippen MR) is 106 cm³/mol. The number of piperazine rings is 1. The van der Waals surface area contributed by atoms with E-state index in [1.54, 1.807) is 11.2 Å². The van der Waals surface area contributed by atoms with E-state index in [1.165, 1.54) is 0 Å². The van der Waals surface area contributed by atoms with Crippen LogP contribution in [0.15, 0.2) is 36.8 Å². The van der Waals surface area contributed by atoms with Gasteiger partial charge in [-0.15, -0.1) is 0 Å². The molecule has 0 saturated carbocycles. The average molecular weight is 402 g/mol. The minimum absolute atomic E-state index is 0.0681. The van der Waals surface area contributed by atoms with Crippen LogP contribution in [-0.2, 0) is 29.6 Å². The second-order valence-electron chi connectivity index (χ2n) is 7.80. The first-order valence-corrected chi connectivity index (χ1v) is 9.81. The van der Waals surface area contributed by atoms with E-state index >= 15 is 0 Å². The first kappa shape index (κ1) is 19.0. The molecule has 0 atom stereocenters. The molecule has 8 heteroatoms. The van der Waals surface area contributed by atoms with Crippen LogP contribution in [0.5, 0.6) is 0 Å². The summed E-state index contributed by atoms with van der Waals surface area (Å²) in [5, 5.41) is 3.47. The third kappa shape index (κ3) is 3.77. The molecule has 1 aromatic heterocycles. The van der Waals surface area contributed by atoms with Crippen LogP contribution in [0, 0.1) is 5.41 Å². The van der Waals surface area contributed by atoms with Crippen LogP contribution in [0.4, 0.5) is 0 Å². The van der Waals surface area contributed by atoms with Crippen molar-refractivity contribution in [3.8, 4) is 0 Å². The molecule has 2 aliphatic rings. The van der Waals surface area contributed by atoms with E-state index in [1.807, 2.05) is 42.1 Å². The Balaban J connectivity index is 1.52. The standard InChI is InChI=1S/C20H24ClN5O2/c1-24-14-22-9-17(24)10-25-12-20(13-25,8-15-2-4-16(21)5-3-15)19(28)26-7-6-23-18(27)11-26/h2-5,9,14H,6-8,10-13H2,1H3,(H,23,27). The van der Waals surface area contributed by atoms with Crippen molar-refractivity contribution in [2.45, 2.75) is 13.0 Å². The van der Waals surface area contributed by atoms with E-state index in [4.69, 9.17) is 11.6 Å². The largest absolute Gasteiger partial charge is 0.353 e. The number of aromatic nitrogens is 2. The summed E-state index contributed by atoms with van der Waals surface area (Å²) >= 11 is 6.01. The van der Waals surface area contributed by atoms with Gasteiger partial charge in [-0.1, -0.05) is 23.7 Å². The summed E-state index contributed by atoms with van der Waals surface area (Å²) in [5.41, 5.74) is 1.69. The molecule has 7 nitrogen and oxygen atoms in total. The van der Waals surface area contributed by atoms with Gasteiger partial charge in [-0.2, -0.15) is 0 Å². The third-order valence-corrected chi connectivity index (χ3v) is 5.84. The van der Waals surface area contributed by atoms with E-state index in [0.717, 1.165) is 17.8 Å². The van der Waals surface area contributed by atoms with Crippen LogP contribution in [-0.4, -0.2) is 63.9 Å². The number of carbonyl (C=O) groups is 2. The van der Waals surface area contributed by atoms with Crippen LogP contribution < -0.4 is 5.32 Å². The van der Waals surface area contributed by atoms with Gasteiger partial charge >= 0.3 is 0 Å². The first-order chi connectivity index (χ1) is 13.4. The zero-order valence-corrected chi connectivity index (χ0v) is 16.7. The summed E-state index contributed by atoms with van der Waals surface area (Å²) in [5.74, 6) is -0.0223. The number of amides is 2. The molecule has 4 rings (SSSR count). The van der Waals surface area contributed by atoms with E-state index in [0.29, 0.717) is 37.6 Å². The topological polar surface area (TPSA) is 70.5 Å². The van der Waals surface area contributed by atoms with Crippen molar-refractivity contribution in [1.29, 1.82) is 0 Å². The highest BCUT2D eigenvalue weighted by Crippen LogP contribution is 2.37. The molecule has 148 valence electrons. The zero-order valence-electron chi connectivity index (χ0n) is 15.9. The number of carbonyl (C=O) groups excluding carboxylic acids is 2. The molecular formula is C20H24ClN5O2. The molecule has 2 aromatic rings. The van der Waals surface area contributed by atoms with E-state index in [-0.39, 0.29) is 18.4 Å². The number of hydrogen-bond donors (Lipinski definition) is 1. The van der Waals surface area contributed by atoms with Crippen LogP contribution >= 0.6 is 11.6 Å². The number of benzene rings is 1. The van der Waals surface area contributed by atoms with Crippen molar-refractivity contribution >= 4 is 23.4 Å². The molecule has 1 aromatic carbocycles. The molecule has 2 aliphatic heterocycles. The van der Waals surface area contributed by atoms with E-state index in [2.05, 4.69) is 15.2 Å². The lowest BCUT2D eigenvalue weighted by Crippen LogP contribution is -2.66. The van der Waals surface area contributed by atoms with Crippen molar-refractivity contribution in [3.63, 3.8) is 0 Å². The minimum Gasteiger partial charge on any atom is -0.353 e. The quantitative estimate of drug-likeness (QED) is 0.813. The van der Waals surface area contributed by atoms with Gasteiger partial charge in [0, 0.05) is 51.0 Å². The monoisotopic (exact) mass is 401 g/mol. The van der Waals surface area contributed by atoms with Crippen molar-refractivity contribution in [2.75, 3.05) is 32.7 Å². The number of rotatable bonds is 5. The first-order valence-electron chi connectivity index (χ1n) is 9.43. The summed E-state index contributed by atoms with van der Waals surface area (Å²) in [7, 11) is 1.97. The molecule has 0 spiro atoms. The molecule has 0 bridgehead atoms. The molecular weight excluding hydrogens is 378 g/mol. The molecule has 2 fully saturated rings. The fourth-order valence-corrected chi connectivity index (χ4v) is 4.28. The molecule has 0 radical (unpaired) electrons. The highest BCUT2D eigenvalue weighted by molar-refractivity contribution is 6.30. The van der Waals surface area contributed by atoms with Gasteiger partial charge in [0.25, 0.3) is 0 Å². The fraction of sp³-hybridized carbons (Fsp3) is 0.450. The molecule has 0 aliphatic carbocycles. The van der Waals surface area contributed by atoms with Crippen LogP contribution in [0.2, 0.25) is 5.02 Å². The highest BCUT2D eigenvalue weighted by Gasteiger charge is 2.51. The third-order valence-electron chi connectivity index (χ3n) is 5.59. The maximum atomic E-state index is 13.4. The number of aryl methyl sites for hydroxylation is 1.